The molecule has 2 N–H and O–H groups in total. The van der Waals surface area contributed by atoms with Crippen LogP contribution in [0.2, 0.25) is 10.0 Å². The third-order valence-electron chi connectivity index (χ3n) is 3.10. The minimum Gasteiger partial charge on any atom is -0.329 e. The predicted octanol–water partition coefficient (Wildman–Crippen LogP) is 4.19. The Labute approximate surface area is 127 Å². The van der Waals surface area contributed by atoms with Crippen molar-refractivity contribution in [3.05, 3.63) is 56.2 Å². The van der Waals surface area contributed by atoms with E-state index in [2.05, 4.69) is 28.8 Å². The van der Waals surface area contributed by atoms with Gasteiger partial charge in [0.1, 0.15) is 0 Å². The summed E-state index contributed by atoms with van der Waals surface area (Å²) in [5, 5.41) is 5.38. The summed E-state index contributed by atoms with van der Waals surface area (Å²) in [7, 11) is 2.07. The number of hydrogen-bond donors (Lipinski definition) is 1. The molecule has 0 spiro atoms. The number of nitrogens with zero attached hydrogens (tertiary/aromatic N) is 1. The van der Waals surface area contributed by atoms with Gasteiger partial charge >= 0.3 is 0 Å². The van der Waals surface area contributed by atoms with E-state index in [4.69, 9.17) is 28.9 Å². The lowest BCUT2D eigenvalue weighted by molar-refractivity contribution is 0.242. The van der Waals surface area contributed by atoms with Crippen molar-refractivity contribution >= 4 is 34.5 Å². The van der Waals surface area contributed by atoms with Crippen LogP contribution in [0.15, 0.2) is 35.0 Å². The molecule has 2 aromatic rings. The van der Waals surface area contributed by atoms with Crippen molar-refractivity contribution in [1.29, 1.82) is 0 Å². The highest BCUT2D eigenvalue weighted by Crippen LogP contribution is 2.28. The molecule has 0 saturated carbocycles. The van der Waals surface area contributed by atoms with Crippen LogP contribution >= 0.6 is 34.5 Å². The standard InChI is InChI=1S/C14H16Cl2N2S/c1-18(8-10-4-5-19-9-10)14(7-17)11-2-3-12(15)13(16)6-11/h2-6,9,14H,7-8,17H2,1H3. The van der Waals surface area contributed by atoms with Gasteiger partial charge in [0.2, 0.25) is 0 Å². The Morgan fingerprint density at radius 1 is 1.26 bits per heavy atom. The summed E-state index contributed by atoms with van der Waals surface area (Å²) in [6.07, 6.45) is 0. The second-order valence-corrected chi connectivity index (χ2v) is 6.07. The number of thiophene rings is 1. The molecule has 0 bridgehead atoms. The van der Waals surface area contributed by atoms with Gasteiger partial charge in [-0.15, -0.1) is 0 Å². The largest absolute Gasteiger partial charge is 0.329 e. The van der Waals surface area contributed by atoms with Crippen molar-refractivity contribution in [2.24, 2.45) is 5.73 Å². The summed E-state index contributed by atoms with van der Waals surface area (Å²) >= 11 is 13.7. The molecule has 0 radical (unpaired) electrons. The normalized spacial score (nSPS) is 12.9. The van der Waals surface area contributed by atoms with Gasteiger partial charge in [0.25, 0.3) is 0 Å². The minimum absolute atomic E-state index is 0.134. The molecule has 0 fully saturated rings. The van der Waals surface area contributed by atoms with Gasteiger partial charge in [-0.05, 0) is 47.1 Å². The summed E-state index contributed by atoms with van der Waals surface area (Å²) < 4.78 is 0. The molecule has 1 aromatic heterocycles. The van der Waals surface area contributed by atoms with Gasteiger partial charge in [-0.3, -0.25) is 4.90 Å². The van der Waals surface area contributed by atoms with Gasteiger partial charge < -0.3 is 5.73 Å². The molecule has 1 atom stereocenters. The summed E-state index contributed by atoms with van der Waals surface area (Å²) in [6, 6.07) is 7.96. The van der Waals surface area contributed by atoms with Crippen molar-refractivity contribution in [2.75, 3.05) is 13.6 Å². The third kappa shape index (κ3) is 3.71. The molecule has 1 unspecified atom stereocenters. The average Bonchev–Trinajstić information content (AvgIpc) is 2.87. The van der Waals surface area contributed by atoms with Gasteiger partial charge in [-0.2, -0.15) is 11.3 Å². The van der Waals surface area contributed by atoms with Crippen LogP contribution in [0.5, 0.6) is 0 Å². The van der Waals surface area contributed by atoms with Crippen LogP contribution in [-0.4, -0.2) is 18.5 Å². The highest BCUT2D eigenvalue weighted by Gasteiger charge is 2.16. The Bertz CT molecular complexity index is 528. The van der Waals surface area contributed by atoms with E-state index in [1.807, 2.05) is 18.2 Å². The van der Waals surface area contributed by atoms with Gasteiger partial charge in [0, 0.05) is 19.1 Å². The summed E-state index contributed by atoms with van der Waals surface area (Å²) in [5.74, 6) is 0. The number of rotatable bonds is 5. The van der Waals surface area contributed by atoms with Crippen LogP contribution in [-0.2, 0) is 6.54 Å². The van der Waals surface area contributed by atoms with Crippen molar-refractivity contribution < 1.29 is 0 Å². The van der Waals surface area contributed by atoms with Crippen LogP contribution in [0, 0.1) is 0 Å². The fourth-order valence-corrected chi connectivity index (χ4v) is 3.04. The van der Waals surface area contributed by atoms with Crippen LogP contribution in [0.4, 0.5) is 0 Å². The maximum Gasteiger partial charge on any atom is 0.0595 e. The topological polar surface area (TPSA) is 29.3 Å². The summed E-state index contributed by atoms with van der Waals surface area (Å²) in [5.41, 5.74) is 8.30. The molecule has 0 aliphatic heterocycles. The van der Waals surface area contributed by atoms with Crippen molar-refractivity contribution in [3.63, 3.8) is 0 Å². The van der Waals surface area contributed by atoms with Crippen LogP contribution in [0.25, 0.3) is 0 Å². The molecule has 5 heteroatoms. The van der Waals surface area contributed by atoms with E-state index >= 15 is 0 Å². The molecular weight excluding hydrogens is 299 g/mol. The first-order valence-electron chi connectivity index (χ1n) is 5.98. The predicted molar refractivity (Wildman–Crippen MR) is 84.0 cm³/mol. The minimum atomic E-state index is 0.134. The Morgan fingerprint density at radius 2 is 2.05 bits per heavy atom. The Balaban J connectivity index is 2.16. The Hall–Kier alpha value is -0.580. The monoisotopic (exact) mass is 314 g/mol. The Kier molecular flexibility index (Phi) is 5.25. The number of halogens is 2. The smallest absolute Gasteiger partial charge is 0.0595 e. The maximum absolute atomic E-state index is 6.07. The summed E-state index contributed by atoms with van der Waals surface area (Å²) in [6.45, 7) is 1.41. The zero-order valence-electron chi connectivity index (χ0n) is 10.6. The average molecular weight is 315 g/mol. The molecule has 1 aromatic carbocycles. The zero-order chi connectivity index (χ0) is 13.8. The van der Waals surface area contributed by atoms with Gasteiger partial charge in [-0.25, -0.2) is 0 Å². The molecule has 19 heavy (non-hydrogen) atoms. The fraction of sp³-hybridized carbons (Fsp3) is 0.286. The SMILES string of the molecule is CN(Cc1ccsc1)C(CN)c1ccc(Cl)c(Cl)c1. The van der Waals surface area contributed by atoms with E-state index < -0.39 is 0 Å². The van der Waals surface area contributed by atoms with Gasteiger partial charge in [0.05, 0.1) is 10.0 Å². The summed E-state index contributed by atoms with van der Waals surface area (Å²) in [4.78, 5) is 2.22. The molecule has 102 valence electrons. The molecule has 1 heterocycles. The molecule has 0 aliphatic carbocycles. The van der Waals surface area contributed by atoms with E-state index in [0.717, 1.165) is 12.1 Å². The van der Waals surface area contributed by atoms with Gasteiger partial charge in [0.15, 0.2) is 0 Å². The second kappa shape index (κ2) is 6.73. The van der Waals surface area contributed by atoms with E-state index in [0.29, 0.717) is 16.6 Å². The van der Waals surface area contributed by atoms with E-state index in [1.165, 1.54) is 5.56 Å². The first-order valence-corrected chi connectivity index (χ1v) is 7.68. The van der Waals surface area contributed by atoms with E-state index in [9.17, 15) is 0 Å². The fourth-order valence-electron chi connectivity index (χ4n) is 2.07. The number of hydrogen-bond acceptors (Lipinski definition) is 3. The quantitative estimate of drug-likeness (QED) is 0.896. The van der Waals surface area contributed by atoms with Crippen molar-refractivity contribution in [2.45, 2.75) is 12.6 Å². The van der Waals surface area contributed by atoms with Gasteiger partial charge in [-0.1, -0.05) is 29.3 Å². The molecule has 0 saturated heterocycles. The van der Waals surface area contributed by atoms with Crippen LogP contribution in [0.1, 0.15) is 17.2 Å². The van der Waals surface area contributed by atoms with E-state index in [1.54, 1.807) is 11.3 Å². The Morgan fingerprint density at radius 3 is 2.63 bits per heavy atom. The highest BCUT2D eigenvalue weighted by molar-refractivity contribution is 7.07. The van der Waals surface area contributed by atoms with Crippen molar-refractivity contribution in [3.8, 4) is 0 Å². The molecule has 0 amide bonds. The van der Waals surface area contributed by atoms with Crippen LogP contribution < -0.4 is 5.73 Å². The first kappa shape index (κ1) is 14.8. The van der Waals surface area contributed by atoms with E-state index in [-0.39, 0.29) is 6.04 Å². The maximum atomic E-state index is 6.07. The lowest BCUT2D eigenvalue weighted by Crippen LogP contribution is -2.30. The molecule has 2 rings (SSSR count). The zero-order valence-corrected chi connectivity index (χ0v) is 13.0. The third-order valence-corrected chi connectivity index (χ3v) is 4.57. The van der Waals surface area contributed by atoms with Crippen molar-refractivity contribution in [1.82, 2.24) is 4.90 Å². The lowest BCUT2D eigenvalue weighted by atomic mass is 10.1. The number of likely N-dealkylation sites (N-methyl/N-ethyl adjacent to an activating group) is 1. The van der Waals surface area contributed by atoms with Crippen LogP contribution in [0.3, 0.4) is 0 Å². The molecular formula is C14H16Cl2N2S. The number of nitrogens with two attached hydrogens (primary N) is 1. The lowest BCUT2D eigenvalue weighted by Gasteiger charge is -2.27. The molecule has 0 aliphatic rings. The molecule has 2 nitrogen and oxygen atoms in total. The number of benzene rings is 1. The highest BCUT2D eigenvalue weighted by atomic mass is 35.5. The first-order chi connectivity index (χ1) is 9.11. The second-order valence-electron chi connectivity index (χ2n) is 4.47.